The van der Waals surface area contributed by atoms with E-state index >= 15 is 0 Å². The lowest BCUT2D eigenvalue weighted by atomic mass is 10.2. The Morgan fingerprint density at radius 3 is 2.71 bits per heavy atom. The lowest BCUT2D eigenvalue weighted by Crippen LogP contribution is -2.44. The average Bonchev–Trinajstić information content (AvgIpc) is 2.96. The molecule has 0 aliphatic heterocycles. The number of nitrogens with one attached hydrogen (secondary N) is 2. The van der Waals surface area contributed by atoms with Crippen LogP contribution >= 0.6 is 0 Å². The minimum atomic E-state index is -1.27. The summed E-state index contributed by atoms with van der Waals surface area (Å²) in [5.41, 5.74) is 0. The van der Waals surface area contributed by atoms with Gasteiger partial charge in [-0.3, -0.25) is 14.3 Å². The van der Waals surface area contributed by atoms with Crippen molar-refractivity contribution in [1.29, 1.82) is 0 Å². The first-order valence-corrected chi connectivity index (χ1v) is 5.81. The third-order valence-electron chi connectivity index (χ3n) is 2.02. The number of amides is 2. The second-order valence-electron chi connectivity index (χ2n) is 3.21. The highest BCUT2D eigenvalue weighted by Gasteiger charge is 2.30. The van der Waals surface area contributed by atoms with E-state index in [2.05, 4.69) is 10.0 Å². The summed E-state index contributed by atoms with van der Waals surface area (Å²) in [6.45, 7) is 1.78. The van der Waals surface area contributed by atoms with E-state index in [4.69, 9.17) is 0 Å². The van der Waals surface area contributed by atoms with Gasteiger partial charge in [-0.1, -0.05) is 6.92 Å². The normalized spacial score (nSPS) is 19.5. The van der Waals surface area contributed by atoms with E-state index in [-0.39, 0.29) is 11.2 Å². The number of hydrogen-bond acceptors (Lipinski definition) is 3. The Balaban J connectivity index is 2.37. The quantitative estimate of drug-likeness (QED) is 0.588. The van der Waals surface area contributed by atoms with Gasteiger partial charge in [-0.15, -0.1) is 0 Å². The third kappa shape index (κ3) is 3.10. The lowest BCUT2D eigenvalue weighted by molar-refractivity contribution is -0.123. The molecular formula is C8H14N2O3S. The van der Waals surface area contributed by atoms with E-state index in [0.717, 1.165) is 12.8 Å². The molecule has 0 spiro atoms. The molecule has 6 heteroatoms. The van der Waals surface area contributed by atoms with Crippen molar-refractivity contribution in [3.63, 3.8) is 0 Å². The third-order valence-corrected chi connectivity index (χ3v) is 3.50. The van der Waals surface area contributed by atoms with Crippen LogP contribution in [0.15, 0.2) is 0 Å². The van der Waals surface area contributed by atoms with E-state index in [1.54, 1.807) is 6.92 Å². The molecule has 0 saturated heterocycles. The zero-order valence-corrected chi connectivity index (χ0v) is 8.80. The molecule has 0 aromatic rings. The van der Waals surface area contributed by atoms with Crippen LogP contribution in [-0.2, 0) is 20.6 Å². The highest BCUT2D eigenvalue weighted by molar-refractivity contribution is 7.84. The zero-order chi connectivity index (χ0) is 10.6. The van der Waals surface area contributed by atoms with Gasteiger partial charge in [0.1, 0.15) is 17.0 Å². The Kier molecular flexibility index (Phi) is 4.06. The fourth-order valence-corrected chi connectivity index (χ4v) is 2.07. The number of carbonyl (C=O) groups is 2. The maximum Gasteiger partial charge on any atom is 0.254 e. The second kappa shape index (κ2) is 5.09. The minimum absolute atomic E-state index is 0.118. The molecule has 0 aromatic heterocycles. The average molecular weight is 218 g/mol. The molecule has 2 amide bonds. The summed E-state index contributed by atoms with van der Waals surface area (Å²) >= 11 is 0. The van der Waals surface area contributed by atoms with Crippen molar-refractivity contribution in [3.05, 3.63) is 0 Å². The molecule has 1 rings (SSSR count). The van der Waals surface area contributed by atoms with Gasteiger partial charge >= 0.3 is 0 Å². The summed E-state index contributed by atoms with van der Waals surface area (Å²) in [4.78, 5) is 21.5. The van der Waals surface area contributed by atoms with Crippen molar-refractivity contribution >= 4 is 23.3 Å². The molecule has 0 aromatic carbocycles. The van der Waals surface area contributed by atoms with Gasteiger partial charge in [0.15, 0.2) is 0 Å². The summed E-state index contributed by atoms with van der Waals surface area (Å²) in [5.74, 6) is -0.371. The van der Waals surface area contributed by atoms with Crippen LogP contribution in [0.2, 0.25) is 0 Å². The molecule has 0 heterocycles. The summed E-state index contributed by atoms with van der Waals surface area (Å²) in [5, 5.41) is 2.49. The van der Waals surface area contributed by atoms with Crippen LogP contribution in [0.25, 0.3) is 0 Å². The molecule has 1 aliphatic carbocycles. The van der Waals surface area contributed by atoms with Gasteiger partial charge in [-0.2, -0.15) is 0 Å². The monoisotopic (exact) mass is 218 g/mol. The van der Waals surface area contributed by atoms with Crippen molar-refractivity contribution in [2.24, 2.45) is 0 Å². The standard InChI is InChI=1S/C8H14N2O3S/c1-2-7(9-5-11)8(12)10-14(13)6-3-4-6/h5-7H,2-4H2,1H3,(H,9,11)(H,10,12). The maximum atomic E-state index is 11.4. The molecular weight excluding hydrogens is 204 g/mol. The van der Waals surface area contributed by atoms with Gasteiger partial charge < -0.3 is 5.32 Å². The zero-order valence-electron chi connectivity index (χ0n) is 7.99. The van der Waals surface area contributed by atoms with Gasteiger partial charge in [0.25, 0.3) is 5.91 Å². The summed E-state index contributed by atoms with van der Waals surface area (Å²) < 4.78 is 13.7. The highest BCUT2D eigenvalue weighted by Crippen LogP contribution is 2.24. The van der Waals surface area contributed by atoms with Crippen molar-refractivity contribution in [2.75, 3.05) is 0 Å². The van der Waals surface area contributed by atoms with Crippen molar-refractivity contribution in [2.45, 2.75) is 37.5 Å². The molecule has 2 atom stereocenters. The minimum Gasteiger partial charge on any atom is -0.347 e. The Labute approximate surface area is 85.2 Å². The largest absolute Gasteiger partial charge is 0.347 e. The van der Waals surface area contributed by atoms with Crippen LogP contribution in [0.3, 0.4) is 0 Å². The smallest absolute Gasteiger partial charge is 0.254 e. The van der Waals surface area contributed by atoms with Crippen LogP contribution in [0.5, 0.6) is 0 Å². The van der Waals surface area contributed by atoms with E-state index < -0.39 is 17.0 Å². The molecule has 1 aliphatic rings. The van der Waals surface area contributed by atoms with Crippen LogP contribution in [-0.4, -0.2) is 27.8 Å². The molecule has 1 fully saturated rings. The summed E-state index contributed by atoms with van der Waals surface area (Å²) in [7, 11) is -1.27. The van der Waals surface area contributed by atoms with Gasteiger partial charge in [0.2, 0.25) is 6.41 Å². The first-order valence-electron chi connectivity index (χ1n) is 4.59. The van der Waals surface area contributed by atoms with Crippen molar-refractivity contribution < 1.29 is 13.8 Å². The van der Waals surface area contributed by atoms with Crippen LogP contribution in [0, 0.1) is 0 Å². The fourth-order valence-electron chi connectivity index (χ4n) is 0.997. The van der Waals surface area contributed by atoms with Crippen LogP contribution in [0.4, 0.5) is 0 Å². The number of carbonyl (C=O) groups excluding carboxylic acids is 2. The number of hydrogen-bond donors (Lipinski definition) is 2. The molecule has 0 radical (unpaired) electrons. The number of rotatable bonds is 6. The predicted molar refractivity (Wildman–Crippen MR) is 52.6 cm³/mol. The second-order valence-corrected chi connectivity index (χ2v) is 4.67. The molecule has 2 unspecified atom stereocenters. The fraction of sp³-hybridized carbons (Fsp3) is 0.750. The first kappa shape index (κ1) is 11.2. The molecule has 80 valence electrons. The van der Waals surface area contributed by atoms with Crippen LogP contribution in [0.1, 0.15) is 26.2 Å². The molecule has 1 saturated carbocycles. The van der Waals surface area contributed by atoms with Gasteiger partial charge in [-0.25, -0.2) is 4.21 Å². The van der Waals surface area contributed by atoms with Gasteiger partial charge in [-0.05, 0) is 19.3 Å². The van der Waals surface area contributed by atoms with E-state index in [1.165, 1.54) is 0 Å². The Morgan fingerprint density at radius 2 is 2.29 bits per heavy atom. The predicted octanol–water partition coefficient (Wildman–Crippen LogP) is -0.547. The summed E-state index contributed by atoms with van der Waals surface area (Å²) in [6.07, 6.45) is 2.79. The lowest BCUT2D eigenvalue weighted by Gasteiger charge is -2.12. The topological polar surface area (TPSA) is 75.3 Å². The Bertz CT molecular complexity index is 253. The summed E-state index contributed by atoms with van der Waals surface area (Å²) in [6, 6.07) is -0.574. The molecule has 2 N–H and O–H groups in total. The Morgan fingerprint density at radius 1 is 1.64 bits per heavy atom. The van der Waals surface area contributed by atoms with E-state index in [1.807, 2.05) is 0 Å². The molecule has 14 heavy (non-hydrogen) atoms. The van der Waals surface area contributed by atoms with E-state index in [9.17, 15) is 13.8 Å². The maximum absolute atomic E-state index is 11.4. The Hall–Kier alpha value is -0.910. The van der Waals surface area contributed by atoms with Crippen LogP contribution < -0.4 is 10.0 Å². The molecule has 5 nitrogen and oxygen atoms in total. The van der Waals surface area contributed by atoms with Gasteiger partial charge in [0, 0.05) is 0 Å². The SMILES string of the molecule is CCC(NC=O)C(=O)NS(=O)C1CC1. The van der Waals surface area contributed by atoms with E-state index in [0.29, 0.717) is 12.8 Å². The molecule has 0 bridgehead atoms. The highest BCUT2D eigenvalue weighted by atomic mass is 32.2. The van der Waals surface area contributed by atoms with Crippen molar-refractivity contribution in [3.8, 4) is 0 Å². The van der Waals surface area contributed by atoms with Crippen molar-refractivity contribution in [1.82, 2.24) is 10.0 Å². The first-order chi connectivity index (χ1) is 6.69. The van der Waals surface area contributed by atoms with Gasteiger partial charge in [0.05, 0.1) is 5.25 Å².